The van der Waals surface area contributed by atoms with Crippen molar-refractivity contribution in [2.45, 2.75) is 38.2 Å². The first kappa shape index (κ1) is 12.2. The molecule has 17 heavy (non-hydrogen) atoms. The van der Waals surface area contributed by atoms with Crippen LogP contribution in [0.1, 0.15) is 43.0 Å². The molecule has 0 N–H and O–H groups in total. The van der Waals surface area contributed by atoms with E-state index in [9.17, 15) is 4.79 Å². The number of carbonyl (C=O) groups is 1. The number of rotatable bonds is 3. The number of aromatic nitrogens is 2. The van der Waals surface area contributed by atoms with Gasteiger partial charge in [-0.15, -0.1) is 0 Å². The van der Waals surface area contributed by atoms with Crippen LogP contribution in [-0.4, -0.2) is 28.5 Å². The maximum atomic E-state index is 12.5. The summed E-state index contributed by atoms with van der Waals surface area (Å²) in [5.74, 6) is 0.700. The van der Waals surface area contributed by atoms with Crippen molar-refractivity contribution in [2.24, 2.45) is 5.92 Å². The molecule has 0 saturated heterocycles. The van der Waals surface area contributed by atoms with Crippen molar-refractivity contribution < 1.29 is 9.53 Å². The number of hydrogen-bond acceptors (Lipinski definition) is 4. The summed E-state index contributed by atoms with van der Waals surface area (Å²) in [4.78, 5) is 20.2. The van der Waals surface area contributed by atoms with Crippen LogP contribution < -0.4 is 0 Å². The molecule has 4 nitrogen and oxygen atoms in total. The van der Waals surface area contributed by atoms with Crippen LogP contribution in [0.25, 0.3) is 0 Å². The molecule has 2 rings (SSSR count). The van der Waals surface area contributed by atoms with Gasteiger partial charge in [0, 0.05) is 19.5 Å². The number of methoxy groups -OCH3 is 1. The van der Waals surface area contributed by atoms with E-state index in [2.05, 4.69) is 16.9 Å². The zero-order chi connectivity index (χ0) is 12.3. The number of ether oxygens (including phenoxy) is 1. The summed E-state index contributed by atoms with van der Waals surface area (Å²) < 4.78 is 5.54. The van der Waals surface area contributed by atoms with Crippen LogP contribution in [-0.2, 0) is 4.74 Å². The SMILES string of the molecule is COC1(C(=O)c2cncnc2)CCC(C)CC1. The van der Waals surface area contributed by atoms with Gasteiger partial charge >= 0.3 is 0 Å². The molecule has 0 spiro atoms. The Morgan fingerprint density at radius 2 is 1.94 bits per heavy atom. The fourth-order valence-electron chi connectivity index (χ4n) is 2.43. The van der Waals surface area contributed by atoms with E-state index in [-0.39, 0.29) is 5.78 Å². The van der Waals surface area contributed by atoms with Crippen molar-refractivity contribution in [3.05, 3.63) is 24.3 Å². The summed E-state index contributed by atoms with van der Waals surface area (Å²) in [5.41, 5.74) is -0.110. The first-order valence-corrected chi connectivity index (χ1v) is 6.03. The van der Waals surface area contributed by atoms with Crippen LogP contribution in [0.2, 0.25) is 0 Å². The molecule has 1 aromatic heterocycles. The van der Waals surface area contributed by atoms with Crippen molar-refractivity contribution in [3.8, 4) is 0 Å². The first-order chi connectivity index (χ1) is 8.18. The lowest BCUT2D eigenvalue weighted by Gasteiger charge is -2.36. The Morgan fingerprint density at radius 1 is 1.35 bits per heavy atom. The molecular formula is C13H18N2O2. The van der Waals surface area contributed by atoms with Crippen LogP contribution in [0.5, 0.6) is 0 Å². The minimum Gasteiger partial charge on any atom is -0.370 e. The van der Waals surface area contributed by atoms with Gasteiger partial charge in [-0.25, -0.2) is 9.97 Å². The van der Waals surface area contributed by atoms with Crippen molar-refractivity contribution in [1.29, 1.82) is 0 Å². The van der Waals surface area contributed by atoms with Gasteiger partial charge in [0.05, 0.1) is 5.56 Å². The Balaban J connectivity index is 2.21. The molecule has 0 atom stereocenters. The predicted molar refractivity (Wildman–Crippen MR) is 63.7 cm³/mol. The van der Waals surface area contributed by atoms with Gasteiger partial charge < -0.3 is 4.74 Å². The number of carbonyl (C=O) groups excluding carboxylic acids is 1. The lowest BCUT2D eigenvalue weighted by molar-refractivity contribution is -0.0263. The van der Waals surface area contributed by atoms with Gasteiger partial charge in [-0.3, -0.25) is 4.79 Å². The van der Waals surface area contributed by atoms with E-state index in [1.165, 1.54) is 6.33 Å². The maximum Gasteiger partial charge on any atom is 0.197 e. The third kappa shape index (κ3) is 2.36. The highest BCUT2D eigenvalue weighted by atomic mass is 16.5. The Morgan fingerprint density at radius 3 is 2.47 bits per heavy atom. The minimum atomic E-state index is -0.656. The zero-order valence-electron chi connectivity index (χ0n) is 10.3. The number of hydrogen-bond donors (Lipinski definition) is 0. The van der Waals surface area contributed by atoms with Crippen molar-refractivity contribution >= 4 is 5.78 Å². The van der Waals surface area contributed by atoms with Crippen LogP contribution in [0, 0.1) is 5.92 Å². The molecule has 1 aromatic rings. The second kappa shape index (κ2) is 4.92. The second-order valence-corrected chi connectivity index (χ2v) is 4.84. The molecule has 0 aliphatic heterocycles. The Hall–Kier alpha value is -1.29. The van der Waals surface area contributed by atoms with Gasteiger partial charge in [0.25, 0.3) is 0 Å². The van der Waals surface area contributed by atoms with E-state index < -0.39 is 5.60 Å². The minimum absolute atomic E-state index is 0.0208. The van der Waals surface area contributed by atoms with Crippen molar-refractivity contribution in [1.82, 2.24) is 9.97 Å². The lowest BCUT2D eigenvalue weighted by Crippen LogP contribution is -2.44. The highest BCUT2D eigenvalue weighted by Crippen LogP contribution is 2.36. The van der Waals surface area contributed by atoms with Crippen LogP contribution in [0.15, 0.2) is 18.7 Å². The maximum absolute atomic E-state index is 12.5. The van der Waals surface area contributed by atoms with Crippen molar-refractivity contribution in [2.75, 3.05) is 7.11 Å². The lowest BCUT2D eigenvalue weighted by atomic mass is 9.76. The molecule has 1 fully saturated rings. The molecular weight excluding hydrogens is 216 g/mol. The van der Waals surface area contributed by atoms with Gasteiger partial charge in [-0.1, -0.05) is 6.92 Å². The zero-order valence-corrected chi connectivity index (χ0v) is 10.3. The molecule has 1 aliphatic carbocycles. The van der Waals surface area contributed by atoms with Crippen molar-refractivity contribution in [3.63, 3.8) is 0 Å². The molecule has 92 valence electrons. The van der Waals surface area contributed by atoms with E-state index in [0.29, 0.717) is 11.5 Å². The standard InChI is InChI=1S/C13H18N2O2/c1-10-3-5-13(17-2,6-4-10)12(16)11-7-14-9-15-8-11/h7-10H,3-6H2,1-2H3. The summed E-state index contributed by atoms with van der Waals surface area (Å²) in [6.07, 6.45) is 8.21. The normalized spacial score (nSPS) is 28.9. The average Bonchev–Trinajstić information content (AvgIpc) is 2.40. The Kier molecular flexibility index (Phi) is 3.52. The summed E-state index contributed by atoms with van der Waals surface area (Å²) in [7, 11) is 1.62. The Labute approximate surface area is 101 Å². The van der Waals surface area contributed by atoms with Gasteiger partial charge in [-0.05, 0) is 31.6 Å². The fourth-order valence-corrected chi connectivity index (χ4v) is 2.43. The summed E-state index contributed by atoms with van der Waals surface area (Å²) >= 11 is 0. The largest absolute Gasteiger partial charge is 0.370 e. The quantitative estimate of drug-likeness (QED) is 0.753. The molecule has 0 aromatic carbocycles. The molecule has 0 amide bonds. The van der Waals surface area contributed by atoms with Crippen LogP contribution in [0.4, 0.5) is 0 Å². The smallest absolute Gasteiger partial charge is 0.197 e. The third-order valence-electron chi connectivity index (χ3n) is 3.71. The topological polar surface area (TPSA) is 52.1 Å². The molecule has 0 radical (unpaired) electrons. The molecule has 4 heteroatoms. The molecule has 0 bridgehead atoms. The van der Waals surface area contributed by atoms with E-state index in [1.54, 1.807) is 19.5 Å². The monoisotopic (exact) mass is 234 g/mol. The molecule has 1 aliphatic rings. The highest BCUT2D eigenvalue weighted by molar-refractivity contribution is 6.02. The number of nitrogens with zero attached hydrogens (tertiary/aromatic N) is 2. The highest BCUT2D eigenvalue weighted by Gasteiger charge is 2.41. The Bertz CT molecular complexity index is 384. The van der Waals surface area contributed by atoms with Gasteiger partial charge in [0.1, 0.15) is 11.9 Å². The molecule has 1 heterocycles. The number of ketones is 1. The molecule has 0 unspecified atom stereocenters. The number of Topliss-reactive ketones (excluding diaryl/α,β-unsaturated/α-hetero) is 1. The van der Waals surface area contributed by atoms with Gasteiger partial charge in [-0.2, -0.15) is 0 Å². The third-order valence-corrected chi connectivity index (χ3v) is 3.71. The van der Waals surface area contributed by atoms with E-state index in [4.69, 9.17) is 4.74 Å². The molecule has 1 saturated carbocycles. The summed E-state index contributed by atoms with van der Waals surface area (Å²) in [5, 5.41) is 0. The predicted octanol–water partition coefficient (Wildman–Crippen LogP) is 2.25. The second-order valence-electron chi connectivity index (χ2n) is 4.84. The first-order valence-electron chi connectivity index (χ1n) is 6.03. The van der Waals surface area contributed by atoms with E-state index in [1.807, 2.05) is 0 Å². The van der Waals surface area contributed by atoms with E-state index in [0.717, 1.165) is 25.7 Å². The summed E-state index contributed by atoms with van der Waals surface area (Å²) in [6, 6.07) is 0. The fraction of sp³-hybridized carbons (Fsp3) is 0.615. The van der Waals surface area contributed by atoms with Gasteiger partial charge in [0.2, 0.25) is 0 Å². The average molecular weight is 234 g/mol. The summed E-state index contributed by atoms with van der Waals surface area (Å²) in [6.45, 7) is 2.22. The van der Waals surface area contributed by atoms with Gasteiger partial charge in [0.15, 0.2) is 5.78 Å². The van der Waals surface area contributed by atoms with Crippen LogP contribution >= 0.6 is 0 Å². The van der Waals surface area contributed by atoms with Crippen LogP contribution in [0.3, 0.4) is 0 Å². The van der Waals surface area contributed by atoms with E-state index >= 15 is 0 Å².